The fourth-order valence-corrected chi connectivity index (χ4v) is 2.66. The minimum absolute atomic E-state index is 0.0536. The third-order valence-corrected chi connectivity index (χ3v) is 3.94. The molecule has 0 unspecified atom stereocenters. The number of benzene rings is 1. The molecule has 0 radical (unpaired) electrons. The summed E-state index contributed by atoms with van der Waals surface area (Å²) in [6, 6.07) is 8.25. The normalized spacial score (nSPS) is 11.7. The van der Waals surface area contributed by atoms with Crippen molar-refractivity contribution in [2.75, 3.05) is 12.3 Å². The summed E-state index contributed by atoms with van der Waals surface area (Å²) in [5.41, 5.74) is 6.45. The summed E-state index contributed by atoms with van der Waals surface area (Å²) in [4.78, 5) is 16.5. The first kappa shape index (κ1) is 17.8. The summed E-state index contributed by atoms with van der Waals surface area (Å²) >= 11 is 0. The Kier molecular flexibility index (Phi) is 4.58. The van der Waals surface area contributed by atoms with E-state index in [0.29, 0.717) is 23.3 Å². The van der Waals surface area contributed by atoms with Gasteiger partial charge in [-0.05, 0) is 36.2 Å². The third-order valence-electron chi connectivity index (χ3n) is 3.94. The number of imidazole rings is 1. The van der Waals surface area contributed by atoms with Crippen LogP contribution in [-0.4, -0.2) is 21.8 Å². The van der Waals surface area contributed by atoms with Crippen LogP contribution in [0.3, 0.4) is 0 Å². The van der Waals surface area contributed by atoms with Crippen molar-refractivity contribution >= 4 is 17.4 Å². The SMILES string of the molecule is CCCNC(=O)c1nc2c(-c3cccc(C(F)(F)F)c3)cccn2c1N. The average molecular weight is 362 g/mol. The molecule has 0 aliphatic heterocycles. The predicted octanol–water partition coefficient (Wildman–Crippen LogP) is 3.74. The van der Waals surface area contributed by atoms with E-state index in [-0.39, 0.29) is 11.5 Å². The maximum absolute atomic E-state index is 13.0. The van der Waals surface area contributed by atoms with Gasteiger partial charge < -0.3 is 11.1 Å². The van der Waals surface area contributed by atoms with Crippen molar-refractivity contribution in [3.05, 3.63) is 53.9 Å². The molecule has 0 saturated carbocycles. The van der Waals surface area contributed by atoms with Crippen LogP contribution >= 0.6 is 0 Å². The molecule has 0 atom stereocenters. The van der Waals surface area contributed by atoms with Crippen LogP contribution in [0.15, 0.2) is 42.6 Å². The molecule has 3 N–H and O–H groups in total. The Bertz CT molecular complexity index is 963. The van der Waals surface area contributed by atoms with Crippen LogP contribution < -0.4 is 11.1 Å². The number of alkyl halides is 3. The van der Waals surface area contributed by atoms with Crippen molar-refractivity contribution in [2.45, 2.75) is 19.5 Å². The van der Waals surface area contributed by atoms with Crippen molar-refractivity contribution in [2.24, 2.45) is 0 Å². The van der Waals surface area contributed by atoms with Gasteiger partial charge in [0.2, 0.25) is 0 Å². The lowest BCUT2D eigenvalue weighted by atomic mass is 10.0. The van der Waals surface area contributed by atoms with Gasteiger partial charge in [0.05, 0.1) is 5.56 Å². The molecule has 1 aromatic carbocycles. The van der Waals surface area contributed by atoms with Crippen LogP contribution in [0.2, 0.25) is 0 Å². The van der Waals surface area contributed by atoms with Crippen molar-refractivity contribution in [3.8, 4) is 11.1 Å². The molecule has 2 heterocycles. The molecule has 26 heavy (non-hydrogen) atoms. The van der Waals surface area contributed by atoms with E-state index in [0.717, 1.165) is 18.6 Å². The Hall–Kier alpha value is -3.03. The smallest absolute Gasteiger partial charge is 0.383 e. The van der Waals surface area contributed by atoms with Crippen LogP contribution in [0.5, 0.6) is 0 Å². The summed E-state index contributed by atoms with van der Waals surface area (Å²) in [6.07, 6.45) is -2.07. The van der Waals surface area contributed by atoms with E-state index in [2.05, 4.69) is 10.3 Å². The zero-order chi connectivity index (χ0) is 18.9. The lowest BCUT2D eigenvalue weighted by molar-refractivity contribution is -0.137. The number of aromatic nitrogens is 2. The van der Waals surface area contributed by atoms with E-state index in [4.69, 9.17) is 5.73 Å². The Balaban J connectivity index is 2.12. The van der Waals surface area contributed by atoms with Crippen molar-refractivity contribution in [3.63, 3.8) is 0 Å². The predicted molar refractivity (Wildman–Crippen MR) is 92.7 cm³/mol. The minimum Gasteiger partial charge on any atom is -0.383 e. The zero-order valence-corrected chi connectivity index (χ0v) is 14.0. The van der Waals surface area contributed by atoms with E-state index in [1.807, 2.05) is 6.92 Å². The topological polar surface area (TPSA) is 72.4 Å². The molecule has 1 amide bonds. The van der Waals surface area contributed by atoms with Gasteiger partial charge >= 0.3 is 6.18 Å². The zero-order valence-electron chi connectivity index (χ0n) is 14.0. The summed E-state index contributed by atoms with van der Waals surface area (Å²) < 4.78 is 40.5. The molecule has 2 aromatic heterocycles. The third kappa shape index (κ3) is 3.22. The van der Waals surface area contributed by atoms with Crippen LogP contribution in [0.4, 0.5) is 19.0 Å². The second kappa shape index (κ2) is 6.70. The van der Waals surface area contributed by atoms with Crippen molar-refractivity contribution < 1.29 is 18.0 Å². The molecule has 0 aliphatic carbocycles. The summed E-state index contributed by atoms with van der Waals surface area (Å²) in [5.74, 6) is -0.273. The number of hydrogen-bond acceptors (Lipinski definition) is 3. The van der Waals surface area contributed by atoms with Gasteiger partial charge in [-0.25, -0.2) is 4.98 Å². The molecule has 0 saturated heterocycles. The number of pyridine rings is 1. The first-order valence-electron chi connectivity index (χ1n) is 8.05. The van der Waals surface area contributed by atoms with Crippen LogP contribution in [0.25, 0.3) is 16.8 Å². The van der Waals surface area contributed by atoms with Crippen LogP contribution in [0, 0.1) is 0 Å². The molecule has 0 aliphatic rings. The van der Waals surface area contributed by atoms with Crippen LogP contribution in [-0.2, 0) is 6.18 Å². The number of rotatable bonds is 4. The molecule has 136 valence electrons. The Labute approximate surface area is 147 Å². The summed E-state index contributed by atoms with van der Waals surface area (Å²) in [6.45, 7) is 2.39. The quantitative estimate of drug-likeness (QED) is 0.743. The van der Waals surface area contributed by atoms with E-state index in [1.54, 1.807) is 24.4 Å². The highest BCUT2D eigenvalue weighted by molar-refractivity contribution is 5.98. The maximum atomic E-state index is 13.0. The fraction of sp³-hybridized carbons (Fsp3) is 0.222. The molecule has 3 aromatic rings. The Morgan fingerprint density at radius 2 is 2.04 bits per heavy atom. The first-order valence-corrected chi connectivity index (χ1v) is 8.05. The number of fused-ring (bicyclic) bond motifs is 1. The number of nitrogens with two attached hydrogens (primary N) is 1. The molecule has 5 nitrogen and oxygen atoms in total. The van der Waals surface area contributed by atoms with Gasteiger partial charge in [-0.2, -0.15) is 13.2 Å². The molecular formula is C18H17F3N4O. The highest BCUT2D eigenvalue weighted by atomic mass is 19.4. The number of carbonyl (C=O) groups excluding carboxylic acids is 1. The van der Waals surface area contributed by atoms with E-state index in [1.165, 1.54) is 10.5 Å². The Morgan fingerprint density at radius 1 is 1.27 bits per heavy atom. The second-order valence-electron chi connectivity index (χ2n) is 5.80. The molecule has 3 rings (SSSR count). The molecule has 0 bridgehead atoms. The summed E-state index contributed by atoms with van der Waals surface area (Å²) in [5, 5.41) is 2.70. The first-order chi connectivity index (χ1) is 12.3. The lowest BCUT2D eigenvalue weighted by Crippen LogP contribution is -2.25. The van der Waals surface area contributed by atoms with Crippen molar-refractivity contribution in [1.82, 2.24) is 14.7 Å². The van der Waals surface area contributed by atoms with Crippen LogP contribution in [0.1, 0.15) is 29.4 Å². The largest absolute Gasteiger partial charge is 0.416 e. The highest BCUT2D eigenvalue weighted by Crippen LogP contribution is 2.33. The number of halogens is 3. The second-order valence-corrected chi connectivity index (χ2v) is 5.80. The molecular weight excluding hydrogens is 345 g/mol. The number of amides is 1. The van der Waals surface area contributed by atoms with Gasteiger partial charge in [0, 0.05) is 18.3 Å². The lowest BCUT2D eigenvalue weighted by Gasteiger charge is -2.09. The molecule has 0 fully saturated rings. The minimum atomic E-state index is -4.44. The van der Waals surface area contributed by atoms with E-state index in [9.17, 15) is 18.0 Å². The van der Waals surface area contributed by atoms with Gasteiger partial charge in [-0.15, -0.1) is 0 Å². The highest BCUT2D eigenvalue weighted by Gasteiger charge is 2.30. The van der Waals surface area contributed by atoms with Gasteiger partial charge in [0.25, 0.3) is 5.91 Å². The van der Waals surface area contributed by atoms with Gasteiger partial charge in [-0.1, -0.05) is 19.1 Å². The molecule has 8 heteroatoms. The standard InChI is InChI=1S/C18H17F3N4O/c1-2-8-23-17(26)14-15(22)25-9-4-7-13(16(25)24-14)11-5-3-6-12(10-11)18(19,20)21/h3-7,9-10H,2,8,22H2,1H3,(H,23,26). The van der Waals surface area contributed by atoms with Gasteiger partial charge in [-0.3, -0.25) is 9.20 Å². The van der Waals surface area contributed by atoms with Gasteiger partial charge in [0.15, 0.2) is 5.69 Å². The Morgan fingerprint density at radius 3 is 2.73 bits per heavy atom. The van der Waals surface area contributed by atoms with E-state index >= 15 is 0 Å². The number of carbonyl (C=O) groups is 1. The average Bonchev–Trinajstić information content (AvgIpc) is 2.96. The number of nitrogens with one attached hydrogen (secondary N) is 1. The fourth-order valence-electron chi connectivity index (χ4n) is 2.66. The molecule has 0 spiro atoms. The summed E-state index contributed by atoms with van der Waals surface area (Å²) in [7, 11) is 0. The van der Waals surface area contributed by atoms with E-state index < -0.39 is 17.6 Å². The number of nitrogens with zero attached hydrogens (tertiary/aromatic N) is 2. The number of hydrogen-bond donors (Lipinski definition) is 2. The van der Waals surface area contributed by atoms with Gasteiger partial charge in [0.1, 0.15) is 11.5 Å². The number of anilines is 1. The maximum Gasteiger partial charge on any atom is 0.416 e. The monoisotopic (exact) mass is 362 g/mol. The number of nitrogen functional groups attached to an aromatic ring is 1. The van der Waals surface area contributed by atoms with Crippen molar-refractivity contribution in [1.29, 1.82) is 0 Å².